The van der Waals surface area contributed by atoms with E-state index in [2.05, 4.69) is 22.7 Å². The van der Waals surface area contributed by atoms with Gasteiger partial charge in [-0.1, -0.05) is 6.92 Å². The molecule has 16 heavy (non-hydrogen) atoms. The Bertz CT molecular complexity index is 323. The minimum atomic E-state index is -0.488. The summed E-state index contributed by atoms with van der Waals surface area (Å²) in [7, 11) is 0. The molecular weight excluding hydrogens is 206 g/mol. The van der Waals surface area contributed by atoms with Crippen molar-refractivity contribution in [2.75, 3.05) is 13.1 Å². The minimum absolute atomic E-state index is 0.488. The molecule has 0 aliphatic heterocycles. The Morgan fingerprint density at radius 3 is 3.06 bits per heavy atom. The number of nitrogens with two attached hydrogens (primary N) is 1. The number of hydrogen-bond donors (Lipinski definition) is 3. The number of aryl methyl sites for hydroxylation is 1. The highest BCUT2D eigenvalue weighted by molar-refractivity contribution is 5.71. The molecule has 0 atom stereocenters. The molecule has 90 valence electrons. The fraction of sp³-hybridized carbons (Fsp3) is 0.600. The van der Waals surface area contributed by atoms with Gasteiger partial charge in [-0.3, -0.25) is 4.68 Å². The first-order valence-corrected chi connectivity index (χ1v) is 5.48. The first-order valence-electron chi connectivity index (χ1n) is 5.48. The van der Waals surface area contributed by atoms with E-state index in [4.69, 9.17) is 5.73 Å². The Labute approximate surface area is 95.2 Å². The normalized spacial score (nSPS) is 10.3. The third-order valence-electron chi connectivity index (χ3n) is 2.15. The predicted molar refractivity (Wildman–Crippen MR) is 61.8 cm³/mol. The first-order chi connectivity index (χ1) is 7.74. The van der Waals surface area contributed by atoms with Crippen molar-refractivity contribution in [3.05, 3.63) is 18.0 Å². The van der Waals surface area contributed by atoms with Crippen LogP contribution in [0.1, 0.15) is 19.0 Å². The molecule has 1 aromatic rings. The molecule has 4 N–H and O–H groups in total. The van der Waals surface area contributed by atoms with Gasteiger partial charge in [-0.25, -0.2) is 4.79 Å². The molecule has 6 heteroatoms. The summed E-state index contributed by atoms with van der Waals surface area (Å²) < 4.78 is 1.98. The first kappa shape index (κ1) is 12.5. The number of nitrogens with zero attached hydrogens (tertiary/aromatic N) is 2. The zero-order valence-corrected chi connectivity index (χ0v) is 9.57. The van der Waals surface area contributed by atoms with Crippen LogP contribution >= 0.6 is 0 Å². The van der Waals surface area contributed by atoms with Crippen molar-refractivity contribution in [3.8, 4) is 0 Å². The molecule has 0 saturated carbocycles. The number of amides is 2. The van der Waals surface area contributed by atoms with Crippen LogP contribution in [-0.4, -0.2) is 28.9 Å². The molecule has 0 saturated heterocycles. The van der Waals surface area contributed by atoms with Gasteiger partial charge < -0.3 is 16.4 Å². The average Bonchev–Trinajstić information content (AvgIpc) is 2.65. The van der Waals surface area contributed by atoms with Crippen LogP contribution in [0.2, 0.25) is 0 Å². The lowest BCUT2D eigenvalue weighted by molar-refractivity contribution is 0.249. The van der Waals surface area contributed by atoms with Crippen LogP contribution in [0.3, 0.4) is 0 Å². The van der Waals surface area contributed by atoms with E-state index < -0.39 is 6.03 Å². The van der Waals surface area contributed by atoms with Gasteiger partial charge in [0.2, 0.25) is 0 Å². The molecule has 0 radical (unpaired) electrons. The summed E-state index contributed by atoms with van der Waals surface area (Å²) in [4.78, 5) is 10.4. The standard InChI is InChI=1S/C10H19N5O/c1-2-7-15-9(3-4-14-15)8-12-5-6-13-10(11)16/h3-4,12H,2,5-8H2,1H3,(H3,11,13,16). The molecule has 0 bridgehead atoms. The zero-order valence-electron chi connectivity index (χ0n) is 9.57. The van der Waals surface area contributed by atoms with Gasteiger partial charge in [-0.2, -0.15) is 5.10 Å². The van der Waals surface area contributed by atoms with Crippen molar-refractivity contribution in [1.82, 2.24) is 20.4 Å². The van der Waals surface area contributed by atoms with Crippen LogP contribution in [0, 0.1) is 0 Å². The van der Waals surface area contributed by atoms with Gasteiger partial charge in [0.1, 0.15) is 0 Å². The van der Waals surface area contributed by atoms with Crippen molar-refractivity contribution >= 4 is 6.03 Å². The Kier molecular flexibility index (Phi) is 5.35. The van der Waals surface area contributed by atoms with E-state index >= 15 is 0 Å². The molecule has 2 amide bonds. The number of carbonyl (C=O) groups excluding carboxylic acids is 1. The smallest absolute Gasteiger partial charge is 0.312 e. The fourth-order valence-corrected chi connectivity index (χ4v) is 1.41. The largest absolute Gasteiger partial charge is 0.352 e. The Balaban J connectivity index is 2.21. The Morgan fingerprint density at radius 2 is 2.38 bits per heavy atom. The zero-order chi connectivity index (χ0) is 11.8. The van der Waals surface area contributed by atoms with E-state index in [0.717, 1.165) is 25.2 Å². The van der Waals surface area contributed by atoms with Crippen molar-refractivity contribution in [2.24, 2.45) is 5.73 Å². The Morgan fingerprint density at radius 1 is 1.56 bits per heavy atom. The highest BCUT2D eigenvalue weighted by atomic mass is 16.2. The lowest BCUT2D eigenvalue weighted by Gasteiger charge is -2.07. The van der Waals surface area contributed by atoms with Gasteiger partial charge in [0.15, 0.2) is 0 Å². The van der Waals surface area contributed by atoms with Crippen LogP contribution in [0.4, 0.5) is 4.79 Å². The lowest BCUT2D eigenvalue weighted by Crippen LogP contribution is -2.35. The third kappa shape index (κ3) is 4.31. The fourth-order valence-electron chi connectivity index (χ4n) is 1.41. The molecule has 0 aliphatic rings. The second-order valence-corrected chi connectivity index (χ2v) is 3.51. The molecule has 1 rings (SSSR count). The van der Waals surface area contributed by atoms with Crippen LogP contribution in [0.25, 0.3) is 0 Å². The second-order valence-electron chi connectivity index (χ2n) is 3.51. The molecule has 0 aromatic carbocycles. The highest BCUT2D eigenvalue weighted by Crippen LogP contribution is 1.99. The number of hydrogen-bond acceptors (Lipinski definition) is 3. The van der Waals surface area contributed by atoms with Crippen molar-refractivity contribution in [1.29, 1.82) is 0 Å². The van der Waals surface area contributed by atoms with Gasteiger partial charge in [0.25, 0.3) is 0 Å². The molecule has 6 nitrogen and oxygen atoms in total. The van der Waals surface area contributed by atoms with E-state index in [1.807, 2.05) is 10.7 Å². The maximum atomic E-state index is 10.4. The molecule has 0 unspecified atom stereocenters. The molecule has 1 heterocycles. The summed E-state index contributed by atoms with van der Waals surface area (Å²) >= 11 is 0. The molecular formula is C10H19N5O. The number of nitrogens with one attached hydrogen (secondary N) is 2. The van der Waals surface area contributed by atoms with Crippen LogP contribution in [0.15, 0.2) is 12.3 Å². The number of urea groups is 1. The summed E-state index contributed by atoms with van der Waals surface area (Å²) in [6, 6.07) is 1.50. The van der Waals surface area contributed by atoms with E-state index in [1.165, 1.54) is 0 Å². The summed E-state index contributed by atoms with van der Waals surface area (Å²) in [6.45, 7) is 5.04. The van der Waals surface area contributed by atoms with Crippen LogP contribution in [0.5, 0.6) is 0 Å². The molecule has 0 aliphatic carbocycles. The number of rotatable bonds is 7. The number of primary amides is 1. The van der Waals surface area contributed by atoms with E-state index in [1.54, 1.807) is 6.20 Å². The average molecular weight is 225 g/mol. The topological polar surface area (TPSA) is 85.0 Å². The van der Waals surface area contributed by atoms with Crippen LogP contribution < -0.4 is 16.4 Å². The SMILES string of the molecule is CCCn1nccc1CNCCNC(N)=O. The summed E-state index contributed by atoms with van der Waals surface area (Å²) in [5.74, 6) is 0. The van der Waals surface area contributed by atoms with Gasteiger partial charge in [0, 0.05) is 32.4 Å². The molecule has 1 aromatic heterocycles. The van der Waals surface area contributed by atoms with E-state index in [-0.39, 0.29) is 0 Å². The monoisotopic (exact) mass is 225 g/mol. The number of carbonyl (C=O) groups is 1. The summed E-state index contributed by atoms with van der Waals surface area (Å²) in [6.07, 6.45) is 2.87. The van der Waals surface area contributed by atoms with Gasteiger partial charge in [0.05, 0.1) is 5.69 Å². The maximum absolute atomic E-state index is 10.4. The van der Waals surface area contributed by atoms with Crippen molar-refractivity contribution < 1.29 is 4.79 Å². The summed E-state index contributed by atoms with van der Waals surface area (Å²) in [5.41, 5.74) is 6.09. The van der Waals surface area contributed by atoms with E-state index in [0.29, 0.717) is 13.1 Å². The lowest BCUT2D eigenvalue weighted by atomic mass is 10.4. The number of aromatic nitrogens is 2. The molecule has 0 fully saturated rings. The predicted octanol–water partition coefficient (Wildman–Crippen LogP) is 0.0510. The van der Waals surface area contributed by atoms with Gasteiger partial charge in [-0.05, 0) is 12.5 Å². The van der Waals surface area contributed by atoms with Crippen molar-refractivity contribution in [3.63, 3.8) is 0 Å². The van der Waals surface area contributed by atoms with Gasteiger partial charge in [-0.15, -0.1) is 0 Å². The second kappa shape index (κ2) is 6.84. The Hall–Kier alpha value is -1.56. The highest BCUT2D eigenvalue weighted by Gasteiger charge is 2.00. The van der Waals surface area contributed by atoms with Gasteiger partial charge >= 0.3 is 6.03 Å². The maximum Gasteiger partial charge on any atom is 0.312 e. The summed E-state index contributed by atoms with van der Waals surface area (Å²) in [5, 5.41) is 9.95. The molecule has 0 spiro atoms. The minimum Gasteiger partial charge on any atom is -0.352 e. The van der Waals surface area contributed by atoms with Crippen LogP contribution in [-0.2, 0) is 13.1 Å². The quantitative estimate of drug-likeness (QED) is 0.573. The van der Waals surface area contributed by atoms with Crippen molar-refractivity contribution in [2.45, 2.75) is 26.4 Å². The van der Waals surface area contributed by atoms with E-state index in [9.17, 15) is 4.79 Å². The third-order valence-corrected chi connectivity index (χ3v) is 2.15.